The second-order valence-corrected chi connectivity index (χ2v) is 5.39. The van der Waals surface area contributed by atoms with Gasteiger partial charge in [-0.2, -0.15) is 0 Å². The van der Waals surface area contributed by atoms with E-state index in [0.717, 1.165) is 25.4 Å². The molecule has 1 aromatic carbocycles. The molecular formula is C14H21ClN2O. The molecule has 1 heterocycles. The van der Waals surface area contributed by atoms with Gasteiger partial charge in [0.2, 0.25) is 0 Å². The normalized spacial score (nSPS) is 22.1. The molecule has 2 N–H and O–H groups in total. The molecule has 1 aliphatic rings. The SMILES string of the molecule is CC(N)C1CCN(CCOc2ccccc2Cl)C1. The number of ether oxygens (including phenoxy) is 1. The first-order valence-corrected chi connectivity index (χ1v) is 6.90. The number of rotatable bonds is 5. The first kappa shape index (κ1) is 13.7. The number of nitrogens with two attached hydrogens (primary N) is 1. The van der Waals surface area contributed by atoms with Crippen molar-refractivity contribution in [2.24, 2.45) is 11.7 Å². The lowest BCUT2D eigenvalue weighted by molar-refractivity contribution is 0.231. The summed E-state index contributed by atoms with van der Waals surface area (Å²) in [7, 11) is 0. The minimum absolute atomic E-state index is 0.291. The highest BCUT2D eigenvalue weighted by Crippen LogP contribution is 2.23. The Morgan fingerprint density at radius 2 is 2.28 bits per heavy atom. The fraction of sp³-hybridized carbons (Fsp3) is 0.571. The summed E-state index contributed by atoms with van der Waals surface area (Å²) in [5.74, 6) is 1.40. The minimum atomic E-state index is 0.291. The summed E-state index contributed by atoms with van der Waals surface area (Å²) in [6.45, 7) is 5.92. The van der Waals surface area contributed by atoms with Crippen molar-refractivity contribution in [2.45, 2.75) is 19.4 Å². The van der Waals surface area contributed by atoms with Gasteiger partial charge in [0.15, 0.2) is 0 Å². The number of nitrogens with zero attached hydrogens (tertiary/aromatic N) is 1. The summed E-state index contributed by atoms with van der Waals surface area (Å²) in [6.07, 6.45) is 1.20. The van der Waals surface area contributed by atoms with Gasteiger partial charge in [0.1, 0.15) is 12.4 Å². The van der Waals surface area contributed by atoms with Crippen LogP contribution < -0.4 is 10.5 Å². The highest BCUT2D eigenvalue weighted by molar-refractivity contribution is 6.32. The molecule has 2 atom stereocenters. The predicted octanol–water partition coefficient (Wildman–Crippen LogP) is 2.39. The molecule has 1 aliphatic heterocycles. The van der Waals surface area contributed by atoms with Crippen LogP contribution in [0.2, 0.25) is 5.02 Å². The second kappa shape index (κ2) is 6.41. The quantitative estimate of drug-likeness (QED) is 0.891. The highest BCUT2D eigenvalue weighted by Gasteiger charge is 2.24. The lowest BCUT2D eigenvalue weighted by Gasteiger charge is -2.18. The van der Waals surface area contributed by atoms with Crippen molar-refractivity contribution in [3.63, 3.8) is 0 Å². The Balaban J connectivity index is 1.72. The molecule has 2 rings (SSSR count). The van der Waals surface area contributed by atoms with Gasteiger partial charge in [-0.25, -0.2) is 0 Å². The van der Waals surface area contributed by atoms with Crippen LogP contribution in [0, 0.1) is 5.92 Å². The van der Waals surface area contributed by atoms with E-state index in [0.29, 0.717) is 23.6 Å². The Morgan fingerprint density at radius 3 is 2.94 bits per heavy atom. The average Bonchev–Trinajstić information content (AvgIpc) is 2.80. The number of benzene rings is 1. The summed E-state index contributed by atoms with van der Waals surface area (Å²) in [5, 5.41) is 0.673. The van der Waals surface area contributed by atoms with E-state index < -0.39 is 0 Å². The lowest BCUT2D eigenvalue weighted by atomic mass is 10.0. The van der Waals surface area contributed by atoms with Gasteiger partial charge in [0.25, 0.3) is 0 Å². The lowest BCUT2D eigenvalue weighted by Crippen LogP contribution is -2.31. The van der Waals surface area contributed by atoms with Gasteiger partial charge in [0.05, 0.1) is 5.02 Å². The number of hydrogen-bond donors (Lipinski definition) is 1. The third kappa shape index (κ3) is 3.61. The summed E-state index contributed by atoms with van der Waals surface area (Å²) in [4.78, 5) is 2.41. The fourth-order valence-electron chi connectivity index (χ4n) is 2.34. The van der Waals surface area contributed by atoms with Gasteiger partial charge in [0, 0.05) is 19.1 Å². The van der Waals surface area contributed by atoms with Crippen LogP contribution >= 0.6 is 11.6 Å². The molecule has 0 aliphatic carbocycles. The number of likely N-dealkylation sites (tertiary alicyclic amines) is 1. The van der Waals surface area contributed by atoms with Gasteiger partial charge in [-0.1, -0.05) is 23.7 Å². The van der Waals surface area contributed by atoms with Gasteiger partial charge in [-0.3, -0.25) is 4.90 Å². The smallest absolute Gasteiger partial charge is 0.137 e. The summed E-state index contributed by atoms with van der Waals surface area (Å²) in [6, 6.07) is 7.88. The minimum Gasteiger partial charge on any atom is -0.491 e. The van der Waals surface area contributed by atoms with E-state index in [1.807, 2.05) is 24.3 Å². The summed E-state index contributed by atoms with van der Waals surface area (Å²) >= 11 is 6.03. The maximum Gasteiger partial charge on any atom is 0.137 e. The van der Waals surface area contributed by atoms with Gasteiger partial charge < -0.3 is 10.5 Å². The van der Waals surface area contributed by atoms with E-state index in [1.54, 1.807) is 0 Å². The van der Waals surface area contributed by atoms with Crippen molar-refractivity contribution in [3.8, 4) is 5.75 Å². The molecule has 0 radical (unpaired) electrons. The Kier molecular flexibility index (Phi) is 4.87. The number of halogens is 1. The van der Waals surface area contributed by atoms with E-state index in [4.69, 9.17) is 22.1 Å². The van der Waals surface area contributed by atoms with Crippen LogP contribution in [0.4, 0.5) is 0 Å². The molecule has 0 bridgehead atoms. The number of hydrogen-bond acceptors (Lipinski definition) is 3. The first-order valence-electron chi connectivity index (χ1n) is 6.52. The molecule has 0 spiro atoms. The molecule has 1 aromatic rings. The van der Waals surface area contributed by atoms with Crippen molar-refractivity contribution in [1.82, 2.24) is 4.90 Å². The zero-order valence-electron chi connectivity index (χ0n) is 10.8. The van der Waals surface area contributed by atoms with Crippen molar-refractivity contribution in [3.05, 3.63) is 29.3 Å². The Bertz CT molecular complexity index is 384. The summed E-state index contributed by atoms with van der Waals surface area (Å²) in [5.41, 5.74) is 5.92. The zero-order chi connectivity index (χ0) is 13.0. The van der Waals surface area contributed by atoms with Crippen LogP contribution in [0.25, 0.3) is 0 Å². The zero-order valence-corrected chi connectivity index (χ0v) is 11.6. The van der Waals surface area contributed by atoms with Crippen LogP contribution in [-0.2, 0) is 0 Å². The van der Waals surface area contributed by atoms with Crippen molar-refractivity contribution < 1.29 is 4.74 Å². The van der Waals surface area contributed by atoms with E-state index in [1.165, 1.54) is 6.42 Å². The molecule has 0 amide bonds. The molecule has 4 heteroatoms. The molecule has 0 saturated carbocycles. The molecular weight excluding hydrogens is 248 g/mol. The molecule has 3 nitrogen and oxygen atoms in total. The summed E-state index contributed by atoms with van der Waals surface area (Å²) < 4.78 is 5.69. The Hall–Kier alpha value is -0.770. The largest absolute Gasteiger partial charge is 0.491 e. The maximum atomic E-state index is 6.03. The Labute approximate surface area is 114 Å². The van der Waals surface area contributed by atoms with Crippen molar-refractivity contribution in [2.75, 3.05) is 26.2 Å². The maximum absolute atomic E-state index is 6.03. The first-order chi connectivity index (χ1) is 8.66. The van der Waals surface area contributed by atoms with Crippen LogP contribution in [-0.4, -0.2) is 37.2 Å². The van der Waals surface area contributed by atoms with Crippen molar-refractivity contribution >= 4 is 11.6 Å². The molecule has 1 fully saturated rings. The molecule has 0 aromatic heterocycles. The van der Waals surface area contributed by atoms with E-state index in [2.05, 4.69) is 11.8 Å². The van der Waals surface area contributed by atoms with Gasteiger partial charge in [-0.05, 0) is 37.9 Å². The fourth-order valence-corrected chi connectivity index (χ4v) is 2.53. The van der Waals surface area contributed by atoms with Crippen LogP contribution in [0.3, 0.4) is 0 Å². The topological polar surface area (TPSA) is 38.5 Å². The van der Waals surface area contributed by atoms with Crippen LogP contribution in [0.1, 0.15) is 13.3 Å². The van der Waals surface area contributed by atoms with Crippen LogP contribution in [0.15, 0.2) is 24.3 Å². The van der Waals surface area contributed by atoms with E-state index in [-0.39, 0.29) is 0 Å². The van der Waals surface area contributed by atoms with E-state index >= 15 is 0 Å². The molecule has 1 saturated heterocycles. The monoisotopic (exact) mass is 268 g/mol. The van der Waals surface area contributed by atoms with E-state index in [9.17, 15) is 0 Å². The predicted molar refractivity (Wildman–Crippen MR) is 75.1 cm³/mol. The third-order valence-electron chi connectivity index (χ3n) is 3.55. The van der Waals surface area contributed by atoms with Crippen molar-refractivity contribution in [1.29, 1.82) is 0 Å². The van der Waals surface area contributed by atoms with Gasteiger partial charge in [-0.15, -0.1) is 0 Å². The molecule has 18 heavy (non-hydrogen) atoms. The Morgan fingerprint density at radius 1 is 1.50 bits per heavy atom. The van der Waals surface area contributed by atoms with Gasteiger partial charge >= 0.3 is 0 Å². The number of para-hydroxylation sites is 1. The second-order valence-electron chi connectivity index (χ2n) is 4.99. The molecule has 100 valence electrons. The standard InChI is InChI=1S/C14H21ClN2O/c1-11(16)12-6-7-17(10-12)8-9-18-14-5-3-2-4-13(14)15/h2-5,11-12H,6-10,16H2,1H3. The third-order valence-corrected chi connectivity index (χ3v) is 3.87. The average molecular weight is 269 g/mol. The highest BCUT2D eigenvalue weighted by atomic mass is 35.5. The molecule has 2 unspecified atom stereocenters. The van der Waals surface area contributed by atoms with Crippen LogP contribution in [0.5, 0.6) is 5.75 Å².